The molecule has 1 saturated heterocycles. The van der Waals surface area contributed by atoms with E-state index in [1.54, 1.807) is 25.3 Å². The second-order valence-electron chi connectivity index (χ2n) is 7.31. The van der Waals surface area contributed by atoms with Crippen LogP contribution >= 0.6 is 0 Å². The number of nitrogens with zero attached hydrogens (tertiary/aromatic N) is 1. The van der Waals surface area contributed by atoms with Crippen molar-refractivity contribution in [1.82, 2.24) is 10.2 Å². The molecular formula is C22H21N3O5. The van der Waals surface area contributed by atoms with E-state index >= 15 is 0 Å². The van der Waals surface area contributed by atoms with Gasteiger partial charge in [0.1, 0.15) is 11.8 Å². The van der Waals surface area contributed by atoms with Crippen LogP contribution in [0.5, 0.6) is 5.75 Å². The molecule has 0 saturated carbocycles. The van der Waals surface area contributed by atoms with E-state index in [0.29, 0.717) is 5.69 Å². The van der Waals surface area contributed by atoms with Crippen molar-refractivity contribution in [3.8, 4) is 5.75 Å². The van der Waals surface area contributed by atoms with Crippen LogP contribution in [0.15, 0.2) is 42.5 Å². The summed E-state index contributed by atoms with van der Waals surface area (Å²) in [6.07, 6.45) is 0.213. The fourth-order valence-electron chi connectivity index (χ4n) is 3.84. The Balaban J connectivity index is 1.61. The third kappa shape index (κ3) is 3.30. The van der Waals surface area contributed by atoms with Crippen LogP contribution < -0.4 is 15.4 Å². The van der Waals surface area contributed by atoms with Gasteiger partial charge in [0.25, 0.3) is 11.8 Å². The quantitative estimate of drug-likeness (QED) is 0.737. The minimum atomic E-state index is -0.984. The summed E-state index contributed by atoms with van der Waals surface area (Å²) in [5.74, 6) is -1.34. The van der Waals surface area contributed by atoms with E-state index in [4.69, 9.17) is 4.74 Å². The lowest BCUT2D eigenvalue weighted by molar-refractivity contribution is -0.136. The molecule has 0 aliphatic carbocycles. The van der Waals surface area contributed by atoms with Gasteiger partial charge in [-0.2, -0.15) is 0 Å². The molecule has 2 N–H and O–H groups in total. The SMILES string of the molecule is COc1ccc([C@@H](C)Nc2cccc3c2C(=O)N(C2CCC(=O)NC2=O)C3=O)cc1. The number of carbonyl (C=O) groups is 4. The Bertz CT molecular complexity index is 1050. The van der Waals surface area contributed by atoms with Crippen LogP contribution in [0.2, 0.25) is 0 Å². The number of benzene rings is 2. The predicted molar refractivity (Wildman–Crippen MR) is 108 cm³/mol. The lowest BCUT2D eigenvalue weighted by Gasteiger charge is -2.28. The van der Waals surface area contributed by atoms with Gasteiger partial charge in [-0.15, -0.1) is 0 Å². The van der Waals surface area contributed by atoms with Gasteiger partial charge in [0.2, 0.25) is 11.8 Å². The van der Waals surface area contributed by atoms with Crippen LogP contribution in [0.25, 0.3) is 0 Å². The topological polar surface area (TPSA) is 105 Å². The molecule has 0 aromatic heterocycles. The smallest absolute Gasteiger partial charge is 0.264 e. The van der Waals surface area contributed by atoms with Crippen LogP contribution in [0.3, 0.4) is 0 Å². The Morgan fingerprint density at radius 2 is 1.80 bits per heavy atom. The number of piperidine rings is 1. The highest BCUT2D eigenvalue weighted by atomic mass is 16.5. The molecule has 2 aromatic carbocycles. The van der Waals surface area contributed by atoms with E-state index in [1.165, 1.54) is 0 Å². The van der Waals surface area contributed by atoms with Crippen molar-refractivity contribution in [3.05, 3.63) is 59.2 Å². The molecule has 0 bridgehead atoms. The summed E-state index contributed by atoms with van der Waals surface area (Å²) in [6, 6.07) is 11.4. The first kappa shape index (κ1) is 19.6. The largest absolute Gasteiger partial charge is 0.497 e. The van der Waals surface area contributed by atoms with Crippen molar-refractivity contribution in [2.24, 2.45) is 0 Å². The van der Waals surface area contributed by atoms with E-state index in [9.17, 15) is 19.2 Å². The maximum absolute atomic E-state index is 13.1. The van der Waals surface area contributed by atoms with Crippen LogP contribution in [0, 0.1) is 0 Å². The third-order valence-electron chi connectivity index (χ3n) is 5.46. The molecule has 4 amide bonds. The van der Waals surface area contributed by atoms with Gasteiger partial charge >= 0.3 is 0 Å². The molecule has 1 unspecified atom stereocenters. The molecule has 0 spiro atoms. The second-order valence-corrected chi connectivity index (χ2v) is 7.31. The molecular weight excluding hydrogens is 386 g/mol. The minimum absolute atomic E-state index is 0.0867. The molecule has 8 heteroatoms. The Morgan fingerprint density at radius 1 is 1.07 bits per heavy atom. The van der Waals surface area contributed by atoms with Crippen LogP contribution in [-0.2, 0) is 9.59 Å². The summed E-state index contributed by atoms with van der Waals surface area (Å²) in [7, 11) is 1.60. The number of imide groups is 2. The van der Waals surface area contributed by atoms with Crippen molar-refractivity contribution < 1.29 is 23.9 Å². The van der Waals surface area contributed by atoms with Gasteiger partial charge in [-0.3, -0.25) is 29.4 Å². The number of fused-ring (bicyclic) bond motifs is 1. The number of methoxy groups -OCH3 is 1. The first-order chi connectivity index (χ1) is 14.4. The highest BCUT2D eigenvalue weighted by Gasteiger charge is 2.45. The summed E-state index contributed by atoms with van der Waals surface area (Å²) in [5, 5.41) is 5.50. The maximum atomic E-state index is 13.1. The number of hydrogen-bond acceptors (Lipinski definition) is 6. The lowest BCUT2D eigenvalue weighted by atomic mass is 10.0. The zero-order chi connectivity index (χ0) is 21.4. The van der Waals surface area contributed by atoms with E-state index < -0.39 is 29.7 Å². The number of carbonyl (C=O) groups excluding carboxylic acids is 4. The van der Waals surface area contributed by atoms with Crippen LogP contribution in [-0.4, -0.2) is 41.7 Å². The third-order valence-corrected chi connectivity index (χ3v) is 5.46. The molecule has 2 aromatic rings. The normalized spacial score (nSPS) is 19.4. The highest BCUT2D eigenvalue weighted by molar-refractivity contribution is 6.25. The van der Waals surface area contributed by atoms with Crippen LogP contribution in [0.1, 0.15) is 52.1 Å². The Labute approximate surface area is 173 Å². The van der Waals surface area contributed by atoms with Crippen molar-refractivity contribution in [2.45, 2.75) is 31.8 Å². The first-order valence-corrected chi connectivity index (χ1v) is 9.65. The van der Waals surface area contributed by atoms with E-state index in [1.807, 2.05) is 31.2 Å². The molecule has 8 nitrogen and oxygen atoms in total. The second kappa shape index (κ2) is 7.62. The molecule has 2 atom stereocenters. The lowest BCUT2D eigenvalue weighted by Crippen LogP contribution is -2.54. The van der Waals surface area contributed by atoms with Gasteiger partial charge in [0.05, 0.1) is 18.2 Å². The summed E-state index contributed by atoms with van der Waals surface area (Å²) in [4.78, 5) is 50.7. The van der Waals surface area contributed by atoms with Crippen molar-refractivity contribution in [1.29, 1.82) is 0 Å². The number of hydrogen-bond donors (Lipinski definition) is 2. The molecule has 2 heterocycles. The van der Waals surface area contributed by atoms with Gasteiger partial charge in [-0.05, 0) is 43.2 Å². The Morgan fingerprint density at radius 3 is 2.47 bits per heavy atom. The number of nitrogens with one attached hydrogen (secondary N) is 2. The van der Waals surface area contributed by atoms with E-state index in [-0.39, 0.29) is 30.0 Å². The first-order valence-electron chi connectivity index (χ1n) is 9.65. The molecule has 4 rings (SSSR count). The molecule has 2 aliphatic rings. The monoisotopic (exact) mass is 407 g/mol. The van der Waals surface area contributed by atoms with Crippen LogP contribution in [0.4, 0.5) is 5.69 Å². The van der Waals surface area contributed by atoms with Gasteiger partial charge in [-0.25, -0.2) is 0 Å². The molecule has 2 aliphatic heterocycles. The van der Waals surface area contributed by atoms with E-state index in [2.05, 4.69) is 10.6 Å². The Kier molecular flexibility index (Phi) is 4.99. The minimum Gasteiger partial charge on any atom is -0.497 e. The molecule has 154 valence electrons. The Hall–Kier alpha value is -3.68. The van der Waals surface area contributed by atoms with Crippen molar-refractivity contribution >= 4 is 29.3 Å². The average molecular weight is 407 g/mol. The number of anilines is 1. The van der Waals surface area contributed by atoms with Crippen molar-refractivity contribution in [3.63, 3.8) is 0 Å². The van der Waals surface area contributed by atoms with Gasteiger partial charge < -0.3 is 10.1 Å². The summed E-state index contributed by atoms with van der Waals surface area (Å²) >= 11 is 0. The van der Waals surface area contributed by atoms with Gasteiger partial charge in [0.15, 0.2) is 0 Å². The molecule has 30 heavy (non-hydrogen) atoms. The zero-order valence-corrected chi connectivity index (χ0v) is 16.6. The molecule has 1 fully saturated rings. The van der Waals surface area contributed by atoms with Gasteiger partial charge in [-0.1, -0.05) is 18.2 Å². The highest BCUT2D eigenvalue weighted by Crippen LogP contribution is 2.34. The standard InChI is InChI=1S/C22H21N3O5/c1-12(13-6-8-14(30-2)9-7-13)23-16-5-3-4-15-19(16)22(29)25(21(15)28)17-10-11-18(26)24-20(17)27/h3-9,12,17,23H,10-11H2,1-2H3,(H,24,26,27)/t12-,17?/m1/s1. The fourth-order valence-corrected chi connectivity index (χ4v) is 3.84. The van der Waals surface area contributed by atoms with Crippen molar-refractivity contribution in [2.75, 3.05) is 12.4 Å². The summed E-state index contributed by atoms with van der Waals surface area (Å²) in [5.41, 5.74) is 1.99. The molecule has 0 radical (unpaired) electrons. The van der Waals surface area contributed by atoms with E-state index in [0.717, 1.165) is 16.2 Å². The predicted octanol–water partition coefficient (Wildman–Crippen LogP) is 2.27. The zero-order valence-electron chi connectivity index (χ0n) is 16.6. The average Bonchev–Trinajstić information content (AvgIpc) is 2.99. The fraction of sp³-hybridized carbons (Fsp3) is 0.273. The maximum Gasteiger partial charge on any atom is 0.264 e. The number of rotatable bonds is 5. The summed E-state index contributed by atoms with van der Waals surface area (Å²) in [6.45, 7) is 1.94. The van der Waals surface area contributed by atoms with Gasteiger partial charge in [0, 0.05) is 18.2 Å². The number of ether oxygens (including phenoxy) is 1. The number of amides is 4. The summed E-state index contributed by atoms with van der Waals surface area (Å²) < 4.78 is 5.18.